The van der Waals surface area contributed by atoms with E-state index in [1.54, 1.807) is 18.2 Å². The largest absolute Gasteiger partial charge is 0.301 e. The maximum atomic E-state index is 11.0. The van der Waals surface area contributed by atoms with Gasteiger partial charge in [0.25, 0.3) is 5.69 Å². The fraction of sp³-hybridized carbons (Fsp3) is 0. The lowest BCUT2D eigenvalue weighted by Gasteiger charge is -2.02. The number of anilines is 1. The van der Waals surface area contributed by atoms with Crippen LogP contribution in [0.1, 0.15) is 5.56 Å². The Morgan fingerprint density at radius 3 is 2.22 bits per heavy atom. The van der Waals surface area contributed by atoms with Crippen molar-refractivity contribution in [2.45, 2.75) is 0 Å². The van der Waals surface area contributed by atoms with Gasteiger partial charge in [-0.25, -0.2) is 0 Å². The molecule has 0 aliphatic carbocycles. The Hall–Kier alpha value is -2.71. The van der Waals surface area contributed by atoms with E-state index in [2.05, 4.69) is 10.5 Å². The molecule has 0 unspecified atom stereocenters. The average Bonchev–Trinajstić information content (AvgIpc) is 2.46. The molecule has 0 aliphatic rings. The Morgan fingerprint density at radius 2 is 1.65 bits per heavy atom. The number of benzene rings is 2. The van der Waals surface area contributed by atoms with Crippen LogP contribution in [0.4, 0.5) is 17.1 Å². The first-order valence-electron chi connectivity index (χ1n) is 6.05. The molecule has 0 bridgehead atoms. The number of hydrogen-bond donors (Lipinski definition) is 1. The molecule has 0 heterocycles. The van der Waals surface area contributed by atoms with Gasteiger partial charge in [-0.15, -0.1) is 0 Å². The summed E-state index contributed by atoms with van der Waals surface area (Å²) < 4.78 is 0. The minimum absolute atomic E-state index is 0.0185. The molecule has 0 radical (unpaired) electrons. The second-order valence-electron chi connectivity index (χ2n) is 4.29. The van der Waals surface area contributed by atoms with E-state index >= 15 is 0 Å². The number of hydrogen-bond acceptors (Lipinski definition) is 6. The van der Waals surface area contributed by atoms with Gasteiger partial charge in [-0.05, 0) is 29.8 Å². The molecule has 0 atom stereocenters. The highest BCUT2D eigenvalue weighted by atomic mass is 35.5. The molecule has 0 saturated heterocycles. The van der Waals surface area contributed by atoms with Gasteiger partial charge < -0.3 is 0 Å². The number of halogens is 2. The van der Waals surface area contributed by atoms with Gasteiger partial charge in [0.05, 0.1) is 22.1 Å². The van der Waals surface area contributed by atoms with E-state index in [4.69, 9.17) is 23.2 Å². The van der Waals surface area contributed by atoms with Crippen molar-refractivity contribution in [2.75, 3.05) is 5.43 Å². The number of rotatable bonds is 5. The number of nitrogens with one attached hydrogen (secondary N) is 1. The standard InChI is InChI=1S/C13H8Cl2N4O4/c14-9-3-8(4-10(15)5-9)7-16-17-12-2-1-11(18(20)21)6-13(12)19(22)23/h1-7,17H/b16-7-. The van der Waals surface area contributed by atoms with Crippen LogP contribution in [-0.4, -0.2) is 16.1 Å². The third-order valence-corrected chi connectivity index (χ3v) is 3.11. The maximum absolute atomic E-state index is 11.0. The molecule has 2 aromatic carbocycles. The Morgan fingerprint density at radius 1 is 1.00 bits per heavy atom. The summed E-state index contributed by atoms with van der Waals surface area (Å²) in [4.78, 5) is 20.2. The van der Waals surface area contributed by atoms with Crippen molar-refractivity contribution in [1.82, 2.24) is 0 Å². The predicted molar refractivity (Wildman–Crippen MR) is 87.4 cm³/mol. The van der Waals surface area contributed by atoms with Crippen LogP contribution >= 0.6 is 23.2 Å². The molecule has 0 spiro atoms. The summed E-state index contributed by atoms with van der Waals surface area (Å²) in [5, 5.41) is 26.3. The van der Waals surface area contributed by atoms with Gasteiger partial charge in [-0.1, -0.05) is 23.2 Å². The average molecular weight is 355 g/mol. The van der Waals surface area contributed by atoms with E-state index < -0.39 is 15.5 Å². The van der Waals surface area contributed by atoms with Gasteiger partial charge in [0.2, 0.25) is 0 Å². The lowest BCUT2D eigenvalue weighted by Crippen LogP contribution is -1.98. The SMILES string of the molecule is O=[N+]([O-])c1ccc(N/N=C\c2cc(Cl)cc(Cl)c2)c([N+](=O)[O-])c1. The molecule has 1 N–H and O–H groups in total. The molecule has 0 fully saturated rings. The van der Waals surface area contributed by atoms with Crippen LogP contribution in [0.5, 0.6) is 0 Å². The van der Waals surface area contributed by atoms with Gasteiger partial charge in [-0.3, -0.25) is 25.7 Å². The zero-order valence-corrected chi connectivity index (χ0v) is 12.8. The van der Waals surface area contributed by atoms with E-state index in [0.717, 1.165) is 12.1 Å². The van der Waals surface area contributed by atoms with Gasteiger partial charge in [0, 0.05) is 16.1 Å². The molecule has 2 rings (SSSR count). The molecular weight excluding hydrogens is 347 g/mol. The third-order valence-electron chi connectivity index (χ3n) is 2.67. The summed E-state index contributed by atoms with van der Waals surface area (Å²) >= 11 is 11.7. The van der Waals surface area contributed by atoms with Crippen LogP contribution in [0.3, 0.4) is 0 Å². The van der Waals surface area contributed by atoms with Crippen LogP contribution < -0.4 is 5.43 Å². The molecule has 23 heavy (non-hydrogen) atoms. The van der Waals surface area contributed by atoms with Gasteiger partial charge in [0.1, 0.15) is 5.69 Å². The van der Waals surface area contributed by atoms with Crippen molar-refractivity contribution in [3.8, 4) is 0 Å². The van der Waals surface area contributed by atoms with Crippen molar-refractivity contribution in [1.29, 1.82) is 0 Å². The Labute approximate surface area is 139 Å². The summed E-state index contributed by atoms with van der Waals surface area (Å²) in [6, 6.07) is 7.95. The topological polar surface area (TPSA) is 111 Å². The van der Waals surface area contributed by atoms with Crippen molar-refractivity contribution >= 4 is 46.5 Å². The number of nitro benzene ring substituents is 2. The highest BCUT2D eigenvalue weighted by Gasteiger charge is 2.18. The first-order chi connectivity index (χ1) is 10.9. The Bertz CT molecular complexity index is 790. The molecular formula is C13H8Cl2N4O4. The predicted octanol–water partition coefficient (Wildman–Crippen LogP) is 4.26. The van der Waals surface area contributed by atoms with Crippen LogP contribution in [-0.2, 0) is 0 Å². The number of non-ortho nitro benzene ring substituents is 1. The minimum atomic E-state index is -0.735. The lowest BCUT2D eigenvalue weighted by molar-refractivity contribution is -0.393. The number of nitrogens with zero attached hydrogens (tertiary/aromatic N) is 3. The smallest absolute Gasteiger partial charge is 0.272 e. The summed E-state index contributed by atoms with van der Waals surface area (Å²) in [6.45, 7) is 0. The van der Waals surface area contributed by atoms with Crippen molar-refractivity contribution in [2.24, 2.45) is 5.10 Å². The highest BCUT2D eigenvalue weighted by molar-refractivity contribution is 6.35. The van der Waals surface area contributed by atoms with Crippen molar-refractivity contribution in [3.05, 3.63) is 72.2 Å². The Kier molecular flexibility index (Phi) is 5.09. The zero-order chi connectivity index (χ0) is 17.0. The van der Waals surface area contributed by atoms with Gasteiger partial charge >= 0.3 is 5.69 Å². The molecule has 118 valence electrons. The zero-order valence-electron chi connectivity index (χ0n) is 11.3. The third kappa shape index (κ3) is 4.38. The quantitative estimate of drug-likeness (QED) is 0.489. The summed E-state index contributed by atoms with van der Waals surface area (Å²) in [6.07, 6.45) is 1.36. The maximum Gasteiger partial charge on any atom is 0.301 e. The normalized spacial score (nSPS) is 10.7. The first kappa shape index (κ1) is 16.7. The van der Waals surface area contributed by atoms with Crippen molar-refractivity contribution < 1.29 is 9.85 Å². The summed E-state index contributed by atoms with van der Waals surface area (Å²) in [5.74, 6) is 0. The van der Waals surface area contributed by atoms with E-state index in [-0.39, 0.29) is 11.4 Å². The molecule has 0 aliphatic heterocycles. The summed E-state index contributed by atoms with van der Waals surface area (Å²) in [7, 11) is 0. The second kappa shape index (κ2) is 7.03. The monoisotopic (exact) mass is 354 g/mol. The molecule has 10 heteroatoms. The second-order valence-corrected chi connectivity index (χ2v) is 5.16. The van der Waals surface area contributed by atoms with Crippen LogP contribution in [0, 0.1) is 20.2 Å². The first-order valence-corrected chi connectivity index (χ1v) is 6.80. The molecule has 0 aromatic heterocycles. The van der Waals surface area contributed by atoms with Crippen molar-refractivity contribution in [3.63, 3.8) is 0 Å². The van der Waals surface area contributed by atoms with E-state index in [1.807, 2.05) is 0 Å². The van der Waals surface area contributed by atoms with Gasteiger partial charge in [0.15, 0.2) is 0 Å². The molecule has 0 amide bonds. The highest BCUT2D eigenvalue weighted by Crippen LogP contribution is 2.28. The fourth-order valence-electron chi connectivity index (χ4n) is 1.71. The molecule has 2 aromatic rings. The number of nitro groups is 2. The van der Waals surface area contributed by atoms with E-state index in [1.165, 1.54) is 12.3 Å². The Balaban J connectivity index is 2.24. The lowest BCUT2D eigenvalue weighted by atomic mass is 10.2. The fourth-order valence-corrected chi connectivity index (χ4v) is 2.25. The molecule has 0 saturated carbocycles. The van der Waals surface area contributed by atoms with Crippen LogP contribution in [0.25, 0.3) is 0 Å². The van der Waals surface area contributed by atoms with E-state index in [9.17, 15) is 20.2 Å². The molecule has 8 nitrogen and oxygen atoms in total. The van der Waals surface area contributed by atoms with Crippen LogP contribution in [0.2, 0.25) is 10.0 Å². The minimum Gasteiger partial charge on any atom is -0.272 e. The van der Waals surface area contributed by atoms with Gasteiger partial charge in [-0.2, -0.15) is 5.10 Å². The number of hydrazone groups is 1. The van der Waals surface area contributed by atoms with E-state index in [0.29, 0.717) is 15.6 Å². The summed E-state index contributed by atoms with van der Waals surface area (Å²) in [5.41, 5.74) is 2.23. The van der Waals surface area contributed by atoms with Crippen LogP contribution in [0.15, 0.2) is 41.5 Å².